The zero-order valence-electron chi connectivity index (χ0n) is 15.8. The summed E-state index contributed by atoms with van der Waals surface area (Å²) in [5.74, 6) is -0.0575. The molecular formula is C22H23N3O2S. The second kappa shape index (κ2) is 7.45. The van der Waals surface area contributed by atoms with Crippen LogP contribution < -0.4 is 4.90 Å². The number of aliphatic hydroxyl groups excluding tert-OH is 1. The van der Waals surface area contributed by atoms with E-state index in [-0.39, 0.29) is 19.1 Å². The molecule has 2 heterocycles. The lowest BCUT2D eigenvalue weighted by Crippen LogP contribution is -2.64. The van der Waals surface area contributed by atoms with Gasteiger partial charge in [-0.3, -0.25) is 9.69 Å². The van der Waals surface area contributed by atoms with Crippen LogP contribution in [0.15, 0.2) is 59.6 Å². The molecule has 4 rings (SSSR count). The standard InChI is InChI=1S/C22H23N3O2S/c1-2-3-13-22-19(23-21(28)24(22)14-15-26)17-11-7-8-12-18(17)25(20(22)27)16-9-5-4-6-10-16/h4-12,26H,2-3,13-15H2,1H3. The first kappa shape index (κ1) is 18.8. The summed E-state index contributed by atoms with van der Waals surface area (Å²) in [5, 5.41) is 10.0. The first-order chi connectivity index (χ1) is 13.6. The fraction of sp³-hybridized carbons (Fsp3) is 0.318. The topological polar surface area (TPSA) is 56.1 Å². The predicted molar refractivity (Wildman–Crippen MR) is 115 cm³/mol. The molecule has 0 bridgehead atoms. The maximum Gasteiger partial charge on any atom is 0.263 e. The van der Waals surface area contributed by atoms with Gasteiger partial charge in [-0.25, -0.2) is 4.99 Å². The van der Waals surface area contributed by atoms with Crippen molar-refractivity contribution in [2.45, 2.75) is 31.7 Å². The zero-order valence-corrected chi connectivity index (χ0v) is 16.7. The van der Waals surface area contributed by atoms with Crippen LogP contribution >= 0.6 is 12.2 Å². The van der Waals surface area contributed by atoms with Gasteiger partial charge in [0.25, 0.3) is 5.91 Å². The number of para-hydroxylation sites is 2. The predicted octanol–water partition coefficient (Wildman–Crippen LogP) is 3.68. The number of amides is 1. The van der Waals surface area contributed by atoms with Crippen LogP contribution in [-0.4, -0.2) is 45.4 Å². The molecule has 1 amide bonds. The Morgan fingerprint density at radius 2 is 1.82 bits per heavy atom. The summed E-state index contributed by atoms with van der Waals surface area (Å²) in [5.41, 5.74) is 2.30. The Hall–Kier alpha value is -2.57. The van der Waals surface area contributed by atoms with Crippen molar-refractivity contribution in [3.05, 3.63) is 60.2 Å². The number of benzene rings is 2. The number of carbonyl (C=O) groups is 1. The number of rotatable bonds is 6. The molecule has 0 aliphatic carbocycles. The molecule has 1 unspecified atom stereocenters. The fourth-order valence-corrected chi connectivity index (χ4v) is 4.55. The van der Waals surface area contributed by atoms with E-state index in [2.05, 4.69) is 11.9 Å². The average molecular weight is 394 g/mol. The van der Waals surface area contributed by atoms with Crippen LogP contribution in [0.5, 0.6) is 0 Å². The van der Waals surface area contributed by atoms with Crippen LogP contribution in [0, 0.1) is 0 Å². The highest BCUT2D eigenvalue weighted by atomic mass is 32.1. The van der Waals surface area contributed by atoms with Gasteiger partial charge >= 0.3 is 0 Å². The van der Waals surface area contributed by atoms with Gasteiger partial charge in [-0.2, -0.15) is 0 Å². The number of hydrogen-bond donors (Lipinski definition) is 1. The number of thiocarbonyl (C=S) groups is 1. The van der Waals surface area contributed by atoms with E-state index in [1.165, 1.54) is 0 Å². The minimum atomic E-state index is -0.972. The zero-order chi connectivity index (χ0) is 19.7. The highest BCUT2D eigenvalue weighted by Crippen LogP contribution is 2.45. The molecule has 144 valence electrons. The number of hydrogen-bond acceptors (Lipinski definition) is 3. The summed E-state index contributed by atoms with van der Waals surface area (Å²) in [6.07, 6.45) is 2.42. The Bertz CT molecular complexity index is 944. The number of anilines is 2. The lowest BCUT2D eigenvalue weighted by Gasteiger charge is -2.45. The van der Waals surface area contributed by atoms with Crippen LogP contribution in [0.3, 0.4) is 0 Å². The summed E-state index contributed by atoms with van der Waals surface area (Å²) in [4.78, 5) is 22.4. The van der Waals surface area contributed by atoms with Crippen LogP contribution in [0.1, 0.15) is 31.7 Å². The van der Waals surface area contributed by atoms with E-state index in [1.807, 2.05) is 59.5 Å². The quantitative estimate of drug-likeness (QED) is 0.761. The molecule has 2 aliphatic rings. The molecule has 0 spiro atoms. The molecule has 28 heavy (non-hydrogen) atoms. The number of β-amino-alcohol motifs (C(OH)–C–C–N with tert-alkyl or cyclic N) is 1. The third kappa shape index (κ3) is 2.67. The SMILES string of the molecule is CCCCC12C(=O)N(c3ccccc3)c3ccccc3C1=NC(=S)N2CCO. The number of carbonyl (C=O) groups excluding carboxylic acids is 1. The molecule has 0 aromatic heterocycles. The van der Waals surface area contributed by atoms with Crippen molar-refractivity contribution in [1.29, 1.82) is 0 Å². The lowest BCUT2D eigenvalue weighted by atomic mass is 9.78. The maximum absolute atomic E-state index is 14.1. The number of nitrogens with zero attached hydrogens (tertiary/aromatic N) is 3. The molecule has 0 fully saturated rings. The molecule has 6 heteroatoms. The molecule has 0 radical (unpaired) electrons. The van der Waals surface area contributed by atoms with Gasteiger partial charge in [-0.15, -0.1) is 0 Å². The van der Waals surface area contributed by atoms with E-state index in [0.717, 1.165) is 29.8 Å². The normalized spacial score (nSPS) is 20.9. The minimum Gasteiger partial charge on any atom is -0.395 e. The number of unbranched alkanes of at least 4 members (excludes halogenated alkanes) is 1. The third-order valence-corrected chi connectivity index (χ3v) is 5.79. The summed E-state index contributed by atoms with van der Waals surface area (Å²) in [6.45, 7) is 2.30. The molecule has 2 aromatic rings. The smallest absolute Gasteiger partial charge is 0.263 e. The lowest BCUT2D eigenvalue weighted by molar-refractivity contribution is -0.124. The van der Waals surface area contributed by atoms with Crippen LogP contribution in [-0.2, 0) is 4.79 Å². The number of aliphatic hydroxyl groups is 1. The van der Waals surface area contributed by atoms with E-state index in [9.17, 15) is 9.90 Å². The molecule has 5 nitrogen and oxygen atoms in total. The Balaban J connectivity index is 1.97. The van der Waals surface area contributed by atoms with Crippen molar-refractivity contribution in [2.75, 3.05) is 18.1 Å². The highest BCUT2D eigenvalue weighted by Gasteiger charge is 2.58. The molecule has 2 aromatic carbocycles. The van der Waals surface area contributed by atoms with Gasteiger partial charge in [0.2, 0.25) is 0 Å². The first-order valence-corrected chi connectivity index (χ1v) is 10.1. The van der Waals surface area contributed by atoms with Gasteiger partial charge in [0, 0.05) is 17.8 Å². The molecule has 1 atom stereocenters. The van der Waals surface area contributed by atoms with E-state index < -0.39 is 5.54 Å². The molecule has 0 saturated carbocycles. The Labute approximate surface area is 170 Å². The summed E-state index contributed by atoms with van der Waals surface area (Å²) in [7, 11) is 0. The van der Waals surface area contributed by atoms with Gasteiger partial charge < -0.3 is 10.0 Å². The van der Waals surface area contributed by atoms with Gasteiger partial charge in [0.05, 0.1) is 18.0 Å². The van der Waals surface area contributed by atoms with Gasteiger partial charge in [0.1, 0.15) is 0 Å². The van der Waals surface area contributed by atoms with Crippen molar-refractivity contribution in [1.82, 2.24) is 4.90 Å². The van der Waals surface area contributed by atoms with Crippen LogP contribution in [0.2, 0.25) is 0 Å². The maximum atomic E-state index is 14.1. The van der Waals surface area contributed by atoms with Gasteiger partial charge in [-0.05, 0) is 36.8 Å². The Kier molecular flexibility index (Phi) is 5.00. The molecule has 1 N–H and O–H groups in total. The van der Waals surface area contributed by atoms with Crippen molar-refractivity contribution < 1.29 is 9.90 Å². The van der Waals surface area contributed by atoms with Crippen molar-refractivity contribution in [3.63, 3.8) is 0 Å². The second-order valence-corrected chi connectivity index (χ2v) is 7.44. The number of fused-ring (bicyclic) bond motifs is 3. The van der Waals surface area contributed by atoms with Gasteiger partial charge in [0.15, 0.2) is 10.7 Å². The van der Waals surface area contributed by atoms with E-state index in [4.69, 9.17) is 12.2 Å². The van der Waals surface area contributed by atoms with E-state index in [0.29, 0.717) is 17.2 Å². The largest absolute Gasteiger partial charge is 0.395 e. The van der Waals surface area contributed by atoms with Crippen LogP contribution in [0.4, 0.5) is 11.4 Å². The summed E-state index contributed by atoms with van der Waals surface area (Å²) in [6, 6.07) is 17.5. The average Bonchev–Trinajstić information content (AvgIpc) is 3.01. The van der Waals surface area contributed by atoms with Gasteiger partial charge in [-0.1, -0.05) is 56.2 Å². The number of aliphatic imine (C=N–C) groups is 1. The Morgan fingerprint density at radius 1 is 1.11 bits per heavy atom. The summed E-state index contributed by atoms with van der Waals surface area (Å²) < 4.78 is 0. The van der Waals surface area contributed by atoms with Crippen molar-refractivity contribution in [2.24, 2.45) is 4.99 Å². The second-order valence-electron chi connectivity index (χ2n) is 7.08. The summed E-state index contributed by atoms with van der Waals surface area (Å²) >= 11 is 5.54. The molecular weight excluding hydrogens is 370 g/mol. The first-order valence-electron chi connectivity index (χ1n) is 9.65. The van der Waals surface area contributed by atoms with Crippen molar-refractivity contribution in [3.8, 4) is 0 Å². The van der Waals surface area contributed by atoms with E-state index in [1.54, 1.807) is 4.90 Å². The molecule has 2 aliphatic heterocycles. The minimum absolute atomic E-state index is 0.0575. The fourth-order valence-electron chi connectivity index (χ4n) is 4.22. The third-order valence-electron chi connectivity index (χ3n) is 5.48. The van der Waals surface area contributed by atoms with Crippen LogP contribution in [0.25, 0.3) is 0 Å². The Morgan fingerprint density at radius 3 is 2.54 bits per heavy atom. The van der Waals surface area contributed by atoms with E-state index >= 15 is 0 Å². The highest BCUT2D eigenvalue weighted by molar-refractivity contribution is 7.80. The van der Waals surface area contributed by atoms with Crippen molar-refractivity contribution >= 4 is 40.3 Å². The molecule has 0 saturated heterocycles. The monoisotopic (exact) mass is 393 g/mol.